The van der Waals surface area contributed by atoms with Crippen LogP contribution in [0.4, 0.5) is 0 Å². The summed E-state index contributed by atoms with van der Waals surface area (Å²) in [4.78, 5) is 29.9. The summed E-state index contributed by atoms with van der Waals surface area (Å²) in [7, 11) is 0. The van der Waals surface area contributed by atoms with Crippen LogP contribution < -0.4 is 0 Å². The SMILES string of the molecule is Cc1ncc(C2CN3CCC2C3)nc1C.O=C(O)C(=O)O. The second-order valence-corrected chi connectivity index (χ2v) is 5.49. The Balaban J connectivity index is 0.000000232. The average Bonchev–Trinajstić information content (AvgIpc) is 3.05. The van der Waals surface area contributed by atoms with Gasteiger partial charge >= 0.3 is 11.9 Å². The average molecular weight is 293 g/mol. The first kappa shape index (κ1) is 15.4. The van der Waals surface area contributed by atoms with Crippen molar-refractivity contribution in [2.75, 3.05) is 19.6 Å². The summed E-state index contributed by atoms with van der Waals surface area (Å²) in [5.74, 6) is -2.17. The molecule has 2 aliphatic heterocycles. The first-order valence-electron chi connectivity index (χ1n) is 6.87. The van der Waals surface area contributed by atoms with Gasteiger partial charge in [0.2, 0.25) is 0 Å². The number of carboxylic acids is 2. The second-order valence-electron chi connectivity index (χ2n) is 5.49. The molecule has 0 aromatic carbocycles. The molecule has 2 fully saturated rings. The maximum Gasteiger partial charge on any atom is 0.414 e. The second kappa shape index (κ2) is 6.17. The van der Waals surface area contributed by atoms with Crippen LogP contribution in [0.5, 0.6) is 0 Å². The molecule has 7 heteroatoms. The molecular weight excluding hydrogens is 274 g/mol. The fourth-order valence-corrected chi connectivity index (χ4v) is 2.86. The third kappa shape index (κ3) is 3.55. The van der Waals surface area contributed by atoms with Crippen molar-refractivity contribution in [1.82, 2.24) is 14.9 Å². The van der Waals surface area contributed by atoms with Gasteiger partial charge in [-0.05, 0) is 32.7 Å². The number of aromatic nitrogens is 2. The Bertz CT molecular complexity index is 549. The third-order valence-electron chi connectivity index (χ3n) is 4.11. The number of aryl methyl sites for hydroxylation is 2. The van der Waals surface area contributed by atoms with Gasteiger partial charge < -0.3 is 15.1 Å². The summed E-state index contributed by atoms with van der Waals surface area (Å²) in [6.45, 7) is 7.84. The summed E-state index contributed by atoms with van der Waals surface area (Å²) in [5, 5.41) is 14.8. The minimum Gasteiger partial charge on any atom is -0.473 e. The predicted molar refractivity (Wildman–Crippen MR) is 74.1 cm³/mol. The monoisotopic (exact) mass is 293 g/mol. The van der Waals surface area contributed by atoms with Crippen molar-refractivity contribution in [2.24, 2.45) is 5.92 Å². The van der Waals surface area contributed by atoms with Crippen LogP contribution in [-0.4, -0.2) is 56.7 Å². The normalized spacial score (nSPS) is 26.1. The number of carbonyl (C=O) groups is 2. The number of fused-ring (bicyclic) bond motifs is 2. The van der Waals surface area contributed by atoms with Gasteiger partial charge in [-0.2, -0.15) is 0 Å². The molecule has 0 aliphatic carbocycles. The van der Waals surface area contributed by atoms with Crippen molar-refractivity contribution >= 4 is 11.9 Å². The lowest BCUT2D eigenvalue weighted by Crippen LogP contribution is -2.23. The van der Waals surface area contributed by atoms with E-state index in [0.29, 0.717) is 5.92 Å². The van der Waals surface area contributed by atoms with Gasteiger partial charge in [0, 0.05) is 25.2 Å². The van der Waals surface area contributed by atoms with E-state index in [1.54, 1.807) is 0 Å². The number of hydrogen-bond donors (Lipinski definition) is 2. The highest BCUT2D eigenvalue weighted by atomic mass is 16.4. The van der Waals surface area contributed by atoms with Crippen LogP contribution in [0.2, 0.25) is 0 Å². The first-order chi connectivity index (χ1) is 9.88. The van der Waals surface area contributed by atoms with Crippen LogP contribution >= 0.6 is 0 Å². The minimum absolute atomic E-state index is 0.644. The van der Waals surface area contributed by atoms with Crippen LogP contribution in [0, 0.1) is 19.8 Å². The molecule has 1 aromatic rings. The maximum atomic E-state index is 9.10. The first-order valence-corrected chi connectivity index (χ1v) is 6.87. The van der Waals surface area contributed by atoms with E-state index < -0.39 is 11.9 Å². The predicted octanol–water partition coefficient (Wildman–Crippen LogP) is 0.668. The van der Waals surface area contributed by atoms with E-state index in [0.717, 1.165) is 17.3 Å². The van der Waals surface area contributed by atoms with Crippen LogP contribution in [0.3, 0.4) is 0 Å². The Hall–Kier alpha value is -2.02. The van der Waals surface area contributed by atoms with E-state index in [9.17, 15) is 0 Å². The van der Waals surface area contributed by atoms with Crippen molar-refractivity contribution in [3.05, 3.63) is 23.3 Å². The third-order valence-corrected chi connectivity index (χ3v) is 4.11. The largest absolute Gasteiger partial charge is 0.473 e. The number of piperidine rings is 1. The van der Waals surface area contributed by atoms with E-state index in [1.165, 1.54) is 31.7 Å². The van der Waals surface area contributed by atoms with Gasteiger partial charge in [0.15, 0.2) is 0 Å². The lowest BCUT2D eigenvalue weighted by atomic mass is 9.90. The van der Waals surface area contributed by atoms with Crippen molar-refractivity contribution in [2.45, 2.75) is 26.2 Å². The minimum atomic E-state index is -1.82. The van der Waals surface area contributed by atoms with Gasteiger partial charge in [0.25, 0.3) is 0 Å². The Labute approximate surface area is 122 Å². The molecule has 2 aliphatic rings. The van der Waals surface area contributed by atoms with E-state index in [-0.39, 0.29) is 0 Å². The molecule has 21 heavy (non-hydrogen) atoms. The molecule has 2 bridgehead atoms. The fraction of sp³-hybridized carbons (Fsp3) is 0.571. The zero-order chi connectivity index (χ0) is 15.6. The Morgan fingerprint density at radius 2 is 1.86 bits per heavy atom. The maximum absolute atomic E-state index is 9.10. The Morgan fingerprint density at radius 3 is 2.29 bits per heavy atom. The smallest absolute Gasteiger partial charge is 0.414 e. The zero-order valence-corrected chi connectivity index (χ0v) is 12.1. The Kier molecular flexibility index (Phi) is 4.52. The molecule has 3 atom stereocenters. The van der Waals surface area contributed by atoms with Crippen molar-refractivity contribution in [3.8, 4) is 0 Å². The van der Waals surface area contributed by atoms with Gasteiger partial charge in [-0.3, -0.25) is 9.97 Å². The topological polar surface area (TPSA) is 104 Å². The van der Waals surface area contributed by atoms with Gasteiger partial charge in [-0.25, -0.2) is 9.59 Å². The van der Waals surface area contributed by atoms with E-state index in [2.05, 4.69) is 21.8 Å². The molecule has 2 N–H and O–H groups in total. The van der Waals surface area contributed by atoms with E-state index in [4.69, 9.17) is 19.8 Å². The number of rotatable bonds is 1. The molecule has 3 unspecified atom stereocenters. The fourth-order valence-electron chi connectivity index (χ4n) is 2.86. The van der Waals surface area contributed by atoms with Crippen molar-refractivity contribution in [1.29, 1.82) is 0 Å². The molecule has 7 nitrogen and oxygen atoms in total. The highest BCUT2D eigenvalue weighted by Crippen LogP contribution is 2.38. The van der Waals surface area contributed by atoms with E-state index >= 15 is 0 Å². The standard InChI is InChI=1S/C12H17N3.C2H2O4/c1-8-9(2)14-12(5-13-8)11-7-15-4-3-10(11)6-15;3-1(4)2(5)6/h5,10-11H,3-4,6-7H2,1-2H3;(H,3,4)(H,5,6). The molecule has 0 saturated carbocycles. The van der Waals surface area contributed by atoms with Crippen LogP contribution in [-0.2, 0) is 9.59 Å². The summed E-state index contributed by atoms with van der Waals surface area (Å²) in [5.41, 5.74) is 3.36. The Morgan fingerprint density at radius 1 is 1.19 bits per heavy atom. The summed E-state index contributed by atoms with van der Waals surface area (Å²) >= 11 is 0. The molecule has 3 heterocycles. The van der Waals surface area contributed by atoms with Gasteiger partial charge in [-0.1, -0.05) is 0 Å². The molecule has 0 spiro atoms. The van der Waals surface area contributed by atoms with Crippen LogP contribution in [0.1, 0.15) is 29.4 Å². The molecule has 114 valence electrons. The summed E-state index contributed by atoms with van der Waals surface area (Å²) in [6.07, 6.45) is 3.33. The molecule has 0 amide bonds. The lowest BCUT2D eigenvalue weighted by Gasteiger charge is -2.21. The molecule has 3 rings (SSSR count). The van der Waals surface area contributed by atoms with Crippen LogP contribution in [0.15, 0.2) is 6.20 Å². The highest BCUT2D eigenvalue weighted by molar-refractivity contribution is 6.27. The van der Waals surface area contributed by atoms with Gasteiger partial charge in [0.1, 0.15) is 0 Å². The quantitative estimate of drug-likeness (QED) is 0.733. The number of hydrogen-bond acceptors (Lipinski definition) is 5. The van der Waals surface area contributed by atoms with E-state index in [1.807, 2.05) is 13.1 Å². The van der Waals surface area contributed by atoms with Gasteiger partial charge in [0.05, 0.1) is 17.1 Å². The van der Waals surface area contributed by atoms with Crippen molar-refractivity contribution < 1.29 is 19.8 Å². The molecule has 0 radical (unpaired) electrons. The lowest BCUT2D eigenvalue weighted by molar-refractivity contribution is -0.159. The van der Waals surface area contributed by atoms with Gasteiger partial charge in [-0.15, -0.1) is 0 Å². The number of aliphatic carboxylic acids is 2. The number of carboxylic acid groups (broad SMARTS) is 2. The van der Waals surface area contributed by atoms with Crippen LogP contribution in [0.25, 0.3) is 0 Å². The summed E-state index contributed by atoms with van der Waals surface area (Å²) in [6, 6.07) is 0. The number of nitrogens with zero attached hydrogens (tertiary/aromatic N) is 3. The molecule has 1 aromatic heterocycles. The van der Waals surface area contributed by atoms with Crippen molar-refractivity contribution in [3.63, 3.8) is 0 Å². The summed E-state index contributed by atoms with van der Waals surface area (Å²) < 4.78 is 0. The molecule has 2 saturated heterocycles. The zero-order valence-electron chi connectivity index (χ0n) is 12.1. The highest BCUT2D eigenvalue weighted by Gasteiger charge is 2.39. The molecular formula is C14H19N3O4.